The van der Waals surface area contributed by atoms with E-state index in [1.807, 2.05) is 42.5 Å². The molecular formula is C18H22N2O2. The number of carbonyl (C=O) groups is 1. The molecule has 116 valence electrons. The van der Waals surface area contributed by atoms with Gasteiger partial charge in [0.2, 0.25) is 5.91 Å². The molecule has 4 nitrogen and oxygen atoms in total. The second kappa shape index (κ2) is 8.08. The van der Waals surface area contributed by atoms with Crippen molar-refractivity contribution in [2.45, 2.75) is 26.2 Å². The number of ether oxygens (including phenoxy) is 1. The van der Waals surface area contributed by atoms with Crippen LogP contribution in [-0.2, 0) is 11.2 Å². The molecule has 0 aliphatic rings. The normalized spacial score (nSPS) is 10.2. The summed E-state index contributed by atoms with van der Waals surface area (Å²) in [6, 6.07) is 15.3. The van der Waals surface area contributed by atoms with Gasteiger partial charge in [0.05, 0.1) is 12.3 Å². The molecule has 0 aliphatic carbocycles. The second-order valence-corrected chi connectivity index (χ2v) is 5.09. The van der Waals surface area contributed by atoms with Gasteiger partial charge >= 0.3 is 0 Å². The van der Waals surface area contributed by atoms with Gasteiger partial charge in [-0.2, -0.15) is 0 Å². The smallest absolute Gasteiger partial charge is 0.224 e. The van der Waals surface area contributed by atoms with Crippen LogP contribution in [0.4, 0.5) is 11.4 Å². The standard InChI is InChI=1S/C18H22N2O2/c1-2-14-9-11-15(12-10-14)20-18(21)8-5-13-22-17-7-4-3-6-16(17)19/h3-4,6-7,9-12H,2,5,8,13,19H2,1H3,(H,20,21). The van der Waals surface area contributed by atoms with Gasteiger partial charge in [-0.25, -0.2) is 0 Å². The molecule has 0 spiro atoms. The van der Waals surface area contributed by atoms with Crippen LogP contribution in [0.3, 0.4) is 0 Å². The highest BCUT2D eigenvalue weighted by Crippen LogP contribution is 2.19. The number of rotatable bonds is 7. The first-order valence-electron chi connectivity index (χ1n) is 7.55. The number of nitrogen functional groups attached to an aromatic ring is 1. The molecule has 22 heavy (non-hydrogen) atoms. The topological polar surface area (TPSA) is 64.3 Å². The van der Waals surface area contributed by atoms with Crippen LogP contribution in [0.25, 0.3) is 0 Å². The highest BCUT2D eigenvalue weighted by atomic mass is 16.5. The summed E-state index contributed by atoms with van der Waals surface area (Å²) in [5.74, 6) is 0.659. The van der Waals surface area contributed by atoms with E-state index < -0.39 is 0 Å². The van der Waals surface area contributed by atoms with E-state index in [0.29, 0.717) is 30.9 Å². The number of benzene rings is 2. The molecule has 0 unspecified atom stereocenters. The third-order valence-electron chi connectivity index (χ3n) is 3.37. The predicted molar refractivity (Wildman–Crippen MR) is 90.0 cm³/mol. The summed E-state index contributed by atoms with van der Waals surface area (Å²) < 4.78 is 5.56. The lowest BCUT2D eigenvalue weighted by Crippen LogP contribution is -2.13. The number of hydrogen-bond donors (Lipinski definition) is 2. The Morgan fingerprint density at radius 3 is 2.55 bits per heavy atom. The van der Waals surface area contributed by atoms with E-state index in [2.05, 4.69) is 12.2 Å². The fraction of sp³-hybridized carbons (Fsp3) is 0.278. The zero-order chi connectivity index (χ0) is 15.8. The van der Waals surface area contributed by atoms with Crippen molar-refractivity contribution < 1.29 is 9.53 Å². The van der Waals surface area contributed by atoms with Crippen LogP contribution in [0.15, 0.2) is 48.5 Å². The average Bonchev–Trinajstić information content (AvgIpc) is 2.54. The maximum atomic E-state index is 11.9. The van der Waals surface area contributed by atoms with Crippen molar-refractivity contribution in [3.05, 3.63) is 54.1 Å². The van der Waals surface area contributed by atoms with Crippen molar-refractivity contribution in [1.29, 1.82) is 0 Å². The number of aryl methyl sites for hydroxylation is 1. The minimum absolute atomic E-state index is 0.00566. The number of amides is 1. The Labute approximate surface area is 131 Å². The lowest BCUT2D eigenvalue weighted by molar-refractivity contribution is -0.116. The van der Waals surface area contributed by atoms with Gasteiger partial charge in [0.15, 0.2) is 0 Å². The molecule has 0 atom stereocenters. The minimum Gasteiger partial charge on any atom is -0.491 e. The molecule has 0 saturated carbocycles. The molecule has 0 heterocycles. The summed E-state index contributed by atoms with van der Waals surface area (Å²) in [6.07, 6.45) is 2.06. The highest BCUT2D eigenvalue weighted by molar-refractivity contribution is 5.90. The van der Waals surface area contributed by atoms with Crippen LogP contribution in [0.1, 0.15) is 25.3 Å². The van der Waals surface area contributed by atoms with Crippen LogP contribution in [0, 0.1) is 0 Å². The Hall–Kier alpha value is -2.49. The van der Waals surface area contributed by atoms with Crippen molar-refractivity contribution in [3.8, 4) is 5.75 Å². The van der Waals surface area contributed by atoms with Gasteiger partial charge in [0.1, 0.15) is 5.75 Å². The molecule has 0 radical (unpaired) electrons. The molecule has 0 fully saturated rings. The van der Waals surface area contributed by atoms with Crippen molar-refractivity contribution >= 4 is 17.3 Å². The van der Waals surface area contributed by atoms with E-state index in [0.717, 1.165) is 12.1 Å². The van der Waals surface area contributed by atoms with Crippen LogP contribution < -0.4 is 15.8 Å². The average molecular weight is 298 g/mol. The van der Waals surface area contributed by atoms with Crippen molar-refractivity contribution in [1.82, 2.24) is 0 Å². The van der Waals surface area contributed by atoms with E-state index in [9.17, 15) is 4.79 Å². The fourth-order valence-electron chi connectivity index (χ4n) is 2.07. The van der Waals surface area contributed by atoms with Crippen LogP contribution >= 0.6 is 0 Å². The molecule has 0 aromatic heterocycles. The van der Waals surface area contributed by atoms with Gasteiger partial charge < -0.3 is 15.8 Å². The van der Waals surface area contributed by atoms with Gasteiger partial charge in [-0.3, -0.25) is 4.79 Å². The van der Waals surface area contributed by atoms with Crippen LogP contribution in [-0.4, -0.2) is 12.5 Å². The van der Waals surface area contributed by atoms with E-state index in [1.54, 1.807) is 6.07 Å². The van der Waals surface area contributed by atoms with E-state index in [1.165, 1.54) is 5.56 Å². The third kappa shape index (κ3) is 4.81. The predicted octanol–water partition coefficient (Wildman–Crippen LogP) is 3.63. The number of carbonyl (C=O) groups excluding carboxylic acids is 1. The summed E-state index contributed by atoms with van der Waals surface area (Å²) in [7, 11) is 0. The van der Waals surface area contributed by atoms with Gasteiger partial charge in [0.25, 0.3) is 0 Å². The van der Waals surface area contributed by atoms with Crippen molar-refractivity contribution in [2.75, 3.05) is 17.7 Å². The zero-order valence-electron chi connectivity index (χ0n) is 12.8. The molecule has 0 aliphatic heterocycles. The number of anilines is 2. The number of nitrogens with one attached hydrogen (secondary N) is 1. The van der Waals surface area contributed by atoms with Crippen molar-refractivity contribution in [3.63, 3.8) is 0 Å². The number of nitrogens with two attached hydrogens (primary N) is 1. The molecule has 2 aromatic rings. The first-order chi connectivity index (χ1) is 10.7. The maximum absolute atomic E-state index is 11.9. The van der Waals surface area contributed by atoms with Gasteiger partial charge in [-0.1, -0.05) is 31.2 Å². The fourth-order valence-corrected chi connectivity index (χ4v) is 2.07. The Bertz CT molecular complexity index is 609. The minimum atomic E-state index is -0.00566. The summed E-state index contributed by atoms with van der Waals surface area (Å²) >= 11 is 0. The summed E-state index contributed by atoms with van der Waals surface area (Å²) in [5, 5.41) is 2.88. The Balaban J connectivity index is 1.70. The van der Waals surface area contributed by atoms with Gasteiger partial charge in [-0.15, -0.1) is 0 Å². The summed E-state index contributed by atoms with van der Waals surface area (Å²) in [6.45, 7) is 2.57. The van der Waals surface area contributed by atoms with Gasteiger partial charge in [0, 0.05) is 12.1 Å². The van der Waals surface area contributed by atoms with Crippen molar-refractivity contribution in [2.24, 2.45) is 0 Å². The molecule has 0 bridgehead atoms. The SMILES string of the molecule is CCc1ccc(NC(=O)CCCOc2ccccc2N)cc1. The molecular weight excluding hydrogens is 276 g/mol. The molecule has 4 heteroatoms. The lowest BCUT2D eigenvalue weighted by Gasteiger charge is -2.09. The quantitative estimate of drug-likeness (QED) is 0.606. The highest BCUT2D eigenvalue weighted by Gasteiger charge is 2.03. The Kier molecular flexibility index (Phi) is 5.83. The van der Waals surface area contributed by atoms with E-state index in [4.69, 9.17) is 10.5 Å². The lowest BCUT2D eigenvalue weighted by atomic mass is 10.1. The van der Waals surface area contributed by atoms with E-state index >= 15 is 0 Å². The first kappa shape index (κ1) is 15.9. The summed E-state index contributed by atoms with van der Waals surface area (Å²) in [5.41, 5.74) is 8.48. The van der Waals surface area contributed by atoms with Gasteiger partial charge in [-0.05, 0) is 42.7 Å². The zero-order valence-corrected chi connectivity index (χ0v) is 12.8. The third-order valence-corrected chi connectivity index (χ3v) is 3.37. The second-order valence-electron chi connectivity index (χ2n) is 5.09. The monoisotopic (exact) mass is 298 g/mol. The first-order valence-corrected chi connectivity index (χ1v) is 7.55. The largest absolute Gasteiger partial charge is 0.491 e. The molecule has 2 rings (SSSR count). The molecule has 2 aromatic carbocycles. The molecule has 0 saturated heterocycles. The maximum Gasteiger partial charge on any atom is 0.224 e. The van der Waals surface area contributed by atoms with Crippen LogP contribution in [0.5, 0.6) is 5.75 Å². The van der Waals surface area contributed by atoms with E-state index in [-0.39, 0.29) is 5.91 Å². The number of para-hydroxylation sites is 2. The Morgan fingerprint density at radius 1 is 1.14 bits per heavy atom. The molecule has 1 amide bonds. The molecule has 3 N–H and O–H groups in total. The summed E-state index contributed by atoms with van der Waals surface area (Å²) in [4.78, 5) is 11.9. The Morgan fingerprint density at radius 2 is 1.86 bits per heavy atom. The number of hydrogen-bond acceptors (Lipinski definition) is 3. The van der Waals surface area contributed by atoms with Crippen LogP contribution in [0.2, 0.25) is 0 Å².